The van der Waals surface area contributed by atoms with Crippen LogP contribution in [0.1, 0.15) is 32.6 Å². The van der Waals surface area contributed by atoms with Crippen LogP contribution >= 0.6 is 0 Å². The van der Waals surface area contributed by atoms with Gasteiger partial charge in [0.05, 0.1) is 6.54 Å². The maximum Gasteiger partial charge on any atom is 0.114 e. The predicted octanol–water partition coefficient (Wildman–Crippen LogP) is 1.25. The molecule has 0 aromatic carbocycles. The highest BCUT2D eigenvalue weighted by Gasteiger charge is 2.07. The summed E-state index contributed by atoms with van der Waals surface area (Å²) in [7, 11) is 0. The van der Waals surface area contributed by atoms with Crippen LogP contribution in [0.2, 0.25) is 0 Å². The molecule has 0 aromatic heterocycles. The van der Waals surface area contributed by atoms with E-state index in [0.29, 0.717) is 0 Å². The van der Waals surface area contributed by atoms with Crippen LogP contribution in [-0.2, 0) is 0 Å². The number of aliphatic hydroxyl groups is 1. The summed E-state index contributed by atoms with van der Waals surface area (Å²) in [6.07, 6.45) is 4.27. The van der Waals surface area contributed by atoms with E-state index in [1.54, 1.807) is 0 Å². The number of nitrogens with zero attached hydrogens (tertiary/aromatic N) is 1. The van der Waals surface area contributed by atoms with Crippen LogP contribution < -0.4 is 0 Å². The molecule has 1 aliphatic heterocycles. The Morgan fingerprint density at radius 2 is 2.00 bits per heavy atom. The van der Waals surface area contributed by atoms with E-state index < -0.39 is 6.10 Å². The number of rotatable bonds is 2. The number of aliphatic hydroxyl groups excluding tert-OH is 1. The van der Waals surface area contributed by atoms with Crippen molar-refractivity contribution in [2.45, 2.75) is 38.7 Å². The molecule has 0 bridgehead atoms. The van der Waals surface area contributed by atoms with Crippen LogP contribution in [0, 0.1) is 11.8 Å². The number of piperidine rings is 1. The molecule has 0 aromatic rings. The molecule has 0 saturated carbocycles. The molecule has 1 N–H and O–H groups in total. The highest BCUT2D eigenvalue weighted by atomic mass is 16.3. The van der Waals surface area contributed by atoms with Gasteiger partial charge in [-0.1, -0.05) is 25.2 Å². The molecule has 74 valence electrons. The largest absolute Gasteiger partial charge is 0.380 e. The third-order valence-corrected chi connectivity index (χ3v) is 2.41. The van der Waals surface area contributed by atoms with Crippen molar-refractivity contribution in [2.24, 2.45) is 0 Å². The maximum atomic E-state index is 9.20. The van der Waals surface area contributed by atoms with E-state index in [4.69, 9.17) is 0 Å². The third-order valence-electron chi connectivity index (χ3n) is 2.41. The van der Waals surface area contributed by atoms with Gasteiger partial charge in [0, 0.05) is 0 Å². The zero-order valence-corrected chi connectivity index (χ0v) is 8.42. The standard InChI is InChI=1S/C11H19NO/c1-2-11(13)7-6-10-12-8-4-3-5-9-12/h11,13H,2-5,8-10H2,1H3. The summed E-state index contributed by atoms with van der Waals surface area (Å²) in [6, 6.07) is 0. The Morgan fingerprint density at radius 1 is 1.31 bits per heavy atom. The predicted molar refractivity (Wildman–Crippen MR) is 54.4 cm³/mol. The molecule has 1 aliphatic rings. The second-order valence-electron chi connectivity index (χ2n) is 3.58. The maximum absolute atomic E-state index is 9.20. The minimum Gasteiger partial charge on any atom is -0.380 e. The van der Waals surface area contributed by atoms with E-state index in [2.05, 4.69) is 16.7 Å². The van der Waals surface area contributed by atoms with Gasteiger partial charge in [0.15, 0.2) is 0 Å². The van der Waals surface area contributed by atoms with Crippen LogP contribution in [0.3, 0.4) is 0 Å². The summed E-state index contributed by atoms with van der Waals surface area (Å²) in [5, 5.41) is 9.20. The lowest BCUT2D eigenvalue weighted by molar-refractivity contribution is 0.227. The quantitative estimate of drug-likeness (QED) is 0.648. The van der Waals surface area contributed by atoms with Crippen molar-refractivity contribution in [3.8, 4) is 11.8 Å². The molecule has 1 saturated heterocycles. The molecule has 1 rings (SSSR count). The first-order valence-electron chi connectivity index (χ1n) is 5.21. The highest BCUT2D eigenvalue weighted by Crippen LogP contribution is 2.07. The normalized spacial score (nSPS) is 20.5. The van der Waals surface area contributed by atoms with Crippen molar-refractivity contribution in [1.29, 1.82) is 0 Å². The minimum atomic E-state index is -0.426. The Balaban J connectivity index is 2.18. The third kappa shape index (κ3) is 4.31. The fourth-order valence-electron chi connectivity index (χ4n) is 1.49. The minimum absolute atomic E-state index is 0.426. The summed E-state index contributed by atoms with van der Waals surface area (Å²) in [6.45, 7) is 5.13. The van der Waals surface area contributed by atoms with E-state index in [9.17, 15) is 5.11 Å². The molecule has 1 unspecified atom stereocenters. The fraction of sp³-hybridized carbons (Fsp3) is 0.818. The lowest BCUT2D eigenvalue weighted by atomic mass is 10.1. The molecular weight excluding hydrogens is 162 g/mol. The van der Waals surface area contributed by atoms with Crippen LogP contribution in [0.5, 0.6) is 0 Å². The molecular formula is C11H19NO. The first kappa shape index (κ1) is 10.6. The fourth-order valence-corrected chi connectivity index (χ4v) is 1.49. The number of hydrogen-bond donors (Lipinski definition) is 1. The van der Waals surface area contributed by atoms with Gasteiger partial charge in [0.2, 0.25) is 0 Å². The molecule has 0 amide bonds. The average Bonchev–Trinajstić information content (AvgIpc) is 2.19. The van der Waals surface area contributed by atoms with Gasteiger partial charge in [-0.3, -0.25) is 4.90 Å². The summed E-state index contributed by atoms with van der Waals surface area (Å²) in [5.74, 6) is 5.88. The Labute approximate surface area is 80.9 Å². The van der Waals surface area contributed by atoms with E-state index in [-0.39, 0.29) is 0 Å². The van der Waals surface area contributed by atoms with Crippen molar-refractivity contribution in [3.05, 3.63) is 0 Å². The Hall–Kier alpha value is -0.520. The summed E-state index contributed by atoms with van der Waals surface area (Å²) in [5.41, 5.74) is 0. The van der Waals surface area contributed by atoms with Crippen LogP contribution in [0.25, 0.3) is 0 Å². The summed E-state index contributed by atoms with van der Waals surface area (Å²) >= 11 is 0. The molecule has 0 aliphatic carbocycles. The number of hydrogen-bond acceptors (Lipinski definition) is 2. The lowest BCUT2D eigenvalue weighted by Gasteiger charge is -2.23. The molecule has 0 radical (unpaired) electrons. The smallest absolute Gasteiger partial charge is 0.114 e. The zero-order valence-electron chi connectivity index (χ0n) is 8.42. The lowest BCUT2D eigenvalue weighted by Crippen LogP contribution is -2.30. The topological polar surface area (TPSA) is 23.5 Å². The second kappa shape index (κ2) is 6.01. The van der Waals surface area contributed by atoms with Gasteiger partial charge < -0.3 is 5.11 Å². The van der Waals surface area contributed by atoms with E-state index in [1.165, 1.54) is 32.4 Å². The molecule has 1 fully saturated rings. The SMILES string of the molecule is CCC(O)C#CCN1CCCCC1. The second-order valence-corrected chi connectivity index (χ2v) is 3.58. The van der Waals surface area contributed by atoms with E-state index in [0.717, 1.165) is 13.0 Å². The van der Waals surface area contributed by atoms with Crippen LogP contribution in [0.4, 0.5) is 0 Å². The zero-order chi connectivity index (χ0) is 9.52. The monoisotopic (exact) mass is 181 g/mol. The van der Waals surface area contributed by atoms with Crippen LogP contribution in [0.15, 0.2) is 0 Å². The number of likely N-dealkylation sites (tertiary alicyclic amines) is 1. The highest BCUT2D eigenvalue weighted by molar-refractivity contribution is 5.06. The Morgan fingerprint density at radius 3 is 2.62 bits per heavy atom. The van der Waals surface area contributed by atoms with E-state index in [1.807, 2.05) is 6.92 Å². The molecule has 2 nitrogen and oxygen atoms in total. The van der Waals surface area contributed by atoms with E-state index >= 15 is 0 Å². The van der Waals surface area contributed by atoms with Gasteiger partial charge >= 0.3 is 0 Å². The van der Waals surface area contributed by atoms with Gasteiger partial charge in [0.1, 0.15) is 6.10 Å². The van der Waals surface area contributed by atoms with Crippen LogP contribution in [-0.4, -0.2) is 35.7 Å². The molecule has 0 spiro atoms. The summed E-state index contributed by atoms with van der Waals surface area (Å²) in [4.78, 5) is 2.36. The van der Waals surface area contributed by atoms with Crippen molar-refractivity contribution in [1.82, 2.24) is 4.90 Å². The molecule has 2 heteroatoms. The Bertz CT molecular complexity index is 186. The van der Waals surface area contributed by atoms with Crippen molar-refractivity contribution in [2.75, 3.05) is 19.6 Å². The first-order chi connectivity index (χ1) is 6.33. The molecule has 1 atom stereocenters. The van der Waals surface area contributed by atoms with Gasteiger partial charge in [-0.2, -0.15) is 0 Å². The van der Waals surface area contributed by atoms with Gasteiger partial charge in [0.25, 0.3) is 0 Å². The summed E-state index contributed by atoms with van der Waals surface area (Å²) < 4.78 is 0. The first-order valence-corrected chi connectivity index (χ1v) is 5.21. The van der Waals surface area contributed by atoms with Gasteiger partial charge in [-0.25, -0.2) is 0 Å². The van der Waals surface area contributed by atoms with Crippen molar-refractivity contribution < 1.29 is 5.11 Å². The molecule has 1 heterocycles. The van der Waals surface area contributed by atoms with Crippen molar-refractivity contribution >= 4 is 0 Å². The van der Waals surface area contributed by atoms with Crippen molar-refractivity contribution in [3.63, 3.8) is 0 Å². The average molecular weight is 181 g/mol. The Kier molecular flexibility index (Phi) is 4.88. The van der Waals surface area contributed by atoms with Gasteiger partial charge in [-0.05, 0) is 32.4 Å². The van der Waals surface area contributed by atoms with Gasteiger partial charge in [-0.15, -0.1) is 0 Å². The molecule has 13 heavy (non-hydrogen) atoms.